The van der Waals surface area contributed by atoms with E-state index in [0.29, 0.717) is 23.2 Å². The molecule has 126 valence electrons. The Balaban J connectivity index is 1.94. The van der Waals surface area contributed by atoms with Gasteiger partial charge in [-0.05, 0) is 39.0 Å². The maximum absolute atomic E-state index is 5.47. The van der Waals surface area contributed by atoms with Crippen molar-refractivity contribution in [3.05, 3.63) is 41.0 Å². The number of hydrogen-bond donors (Lipinski definition) is 1. The lowest BCUT2D eigenvalue weighted by Crippen LogP contribution is -1.99. The monoisotopic (exact) mass is 328 g/mol. The summed E-state index contributed by atoms with van der Waals surface area (Å²) in [7, 11) is 3.19. The molecule has 7 nitrogen and oxygen atoms in total. The number of H-pyrrole nitrogens is 1. The molecule has 2 aromatic heterocycles. The lowest BCUT2D eigenvalue weighted by molar-refractivity contribution is 0.355. The van der Waals surface area contributed by atoms with Crippen molar-refractivity contribution in [3.8, 4) is 22.9 Å². The van der Waals surface area contributed by atoms with E-state index in [0.717, 1.165) is 22.5 Å². The molecule has 7 heteroatoms. The van der Waals surface area contributed by atoms with Crippen molar-refractivity contribution in [3.63, 3.8) is 0 Å². The first-order valence-corrected chi connectivity index (χ1v) is 7.62. The fourth-order valence-electron chi connectivity index (χ4n) is 2.82. The van der Waals surface area contributed by atoms with E-state index >= 15 is 0 Å². The molecular weight excluding hydrogens is 308 g/mol. The van der Waals surface area contributed by atoms with Crippen molar-refractivity contribution in [2.24, 2.45) is 0 Å². The molecule has 1 atom stereocenters. The minimum absolute atomic E-state index is 0.0369. The Labute approximate surface area is 140 Å². The fourth-order valence-corrected chi connectivity index (χ4v) is 2.82. The summed E-state index contributed by atoms with van der Waals surface area (Å²) in [6.45, 7) is 5.97. The largest absolute Gasteiger partial charge is 0.493 e. The first-order valence-electron chi connectivity index (χ1n) is 7.62. The van der Waals surface area contributed by atoms with Crippen LogP contribution in [0.15, 0.2) is 22.7 Å². The number of aryl methyl sites for hydroxylation is 2. The Morgan fingerprint density at radius 3 is 2.50 bits per heavy atom. The van der Waals surface area contributed by atoms with E-state index in [1.54, 1.807) is 14.2 Å². The highest BCUT2D eigenvalue weighted by Crippen LogP contribution is 2.33. The number of rotatable bonds is 5. The number of aromatic nitrogens is 4. The standard InChI is InChI=1S/C17H20N4O3/c1-9(15-10(2)19-20-11(15)3)17-18-16(21-24-17)12-6-7-13(22-4)14(8-12)23-5/h6-9H,1-5H3,(H,19,20)/t9-/m0/s1. The summed E-state index contributed by atoms with van der Waals surface area (Å²) in [4.78, 5) is 4.53. The number of nitrogens with zero attached hydrogens (tertiary/aromatic N) is 3. The summed E-state index contributed by atoms with van der Waals surface area (Å²) in [6.07, 6.45) is 0. The molecule has 0 bridgehead atoms. The molecule has 0 spiro atoms. The van der Waals surface area contributed by atoms with Gasteiger partial charge >= 0.3 is 0 Å². The van der Waals surface area contributed by atoms with E-state index in [2.05, 4.69) is 20.3 Å². The van der Waals surface area contributed by atoms with Crippen molar-refractivity contribution in [1.82, 2.24) is 20.3 Å². The Morgan fingerprint density at radius 1 is 1.12 bits per heavy atom. The molecule has 0 aliphatic heterocycles. The van der Waals surface area contributed by atoms with Gasteiger partial charge in [-0.25, -0.2) is 0 Å². The second-order valence-electron chi connectivity index (χ2n) is 5.60. The van der Waals surface area contributed by atoms with Gasteiger partial charge in [0, 0.05) is 16.8 Å². The summed E-state index contributed by atoms with van der Waals surface area (Å²) in [5.74, 6) is 2.30. The van der Waals surface area contributed by atoms with Crippen LogP contribution in [0.1, 0.15) is 35.7 Å². The van der Waals surface area contributed by atoms with Crippen LogP contribution < -0.4 is 9.47 Å². The third-order valence-corrected chi connectivity index (χ3v) is 4.07. The van der Waals surface area contributed by atoms with Crippen LogP contribution in [-0.4, -0.2) is 34.6 Å². The highest BCUT2D eigenvalue weighted by atomic mass is 16.5. The van der Waals surface area contributed by atoms with E-state index in [9.17, 15) is 0 Å². The van der Waals surface area contributed by atoms with Gasteiger partial charge in [-0.3, -0.25) is 5.10 Å². The number of ether oxygens (including phenoxy) is 2. The summed E-state index contributed by atoms with van der Waals surface area (Å²) < 4.78 is 16.0. The second kappa shape index (κ2) is 6.35. The molecule has 1 N–H and O–H groups in total. The number of methoxy groups -OCH3 is 2. The second-order valence-corrected chi connectivity index (χ2v) is 5.60. The van der Waals surface area contributed by atoms with Crippen LogP contribution in [-0.2, 0) is 0 Å². The van der Waals surface area contributed by atoms with Gasteiger partial charge in [0.25, 0.3) is 0 Å². The van der Waals surface area contributed by atoms with Crippen LogP contribution in [0.25, 0.3) is 11.4 Å². The van der Waals surface area contributed by atoms with Gasteiger partial charge in [0.15, 0.2) is 11.5 Å². The number of hydrogen-bond acceptors (Lipinski definition) is 6. The molecule has 0 saturated carbocycles. The molecule has 1 aromatic carbocycles. The minimum Gasteiger partial charge on any atom is -0.493 e. The van der Waals surface area contributed by atoms with E-state index < -0.39 is 0 Å². The van der Waals surface area contributed by atoms with Crippen molar-refractivity contribution < 1.29 is 14.0 Å². The highest BCUT2D eigenvalue weighted by Gasteiger charge is 2.22. The van der Waals surface area contributed by atoms with E-state index in [-0.39, 0.29) is 5.92 Å². The first kappa shape index (κ1) is 16.0. The zero-order valence-electron chi connectivity index (χ0n) is 14.4. The molecular formula is C17H20N4O3. The molecule has 0 amide bonds. The Hall–Kier alpha value is -2.83. The lowest BCUT2D eigenvalue weighted by Gasteiger charge is -2.08. The predicted molar refractivity (Wildman–Crippen MR) is 88.4 cm³/mol. The van der Waals surface area contributed by atoms with Gasteiger partial charge in [-0.1, -0.05) is 5.16 Å². The first-order chi connectivity index (χ1) is 11.5. The van der Waals surface area contributed by atoms with Crippen LogP contribution >= 0.6 is 0 Å². The third kappa shape index (κ3) is 2.73. The summed E-state index contributed by atoms with van der Waals surface area (Å²) in [5.41, 5.74) is 3.82. The fraction of sp³-hybridized carbons (Fsp3) is 0.353. The molecule has 3 aromatic rings. The summed E-state index contributed by atoms with van der Waals surface area (Å²) >= 11 is 0. The van der Waals surface area contributed by atoms with Gasteiger partial charge < -0.3 is 14.0 Å². The average molecular weight is 328 g/mol. The molecule has 0 fully saturated rings. The van der Waals surface area contributed by atoms with Gasteiger partial charge in [-0.2, -0.15) is 10.1 Å². The van der Waals surface area contributed by atoms with E-state index in [1.807, 2.05) is 39.0 Å². The van der Waals surface area contributed by atoms with Crippen molar-refractivity contribution in [1.29, 1.82) is 0 Å². The number of nitrogens with one attached hydrogen (secondary N) is 1. The predicted octanol–water partition coefficient (Wildman–Crippen LogP) is 3.25. The maximum atomic E-state index is 5.47. The Bertz CT molecular complexity index is 834. The summed E-state index contributed by atoms with van der Waals surface area (Å²) in [5, 5.41) is 11.3. The number of benzene rings is 1. The Morgan fingerprint density at radius 2 is 1.88 bits per heavy atom. The molecule has 0 aliphatic carbocycles. The molecule has 3 rings (SSSR count). The molecule has 0 unspecified atom stereocenters. The SMILES string of the molecule is COc1ccc(-c2noc([C@@H](C)c3c(C)n[nH]c3C)n2)cc1OC. The quantitative estimate of drug-likeness (QED) is 0.774. The van der Waals surface area contributed by atoms with Gasteiger partial charge in [0.2, 0.25) is 11.7 Å². The van der Waals surface area contributed by atoms with Crippen molar-refractivity contribution >= 4 is 0 Å². The van der Waals surface area contributed by atoms with Crippen LogP contribution in [0.3, 0.4) is 0 Å². The smallest absolute Gasteiger partial charge is 0.234 e. The van der Waals surface area contributed by atoms with Crippen LogP contribution in [0.4, 0.5) is 0 Å². The van der Waals surface area contributed by atoms with Crippen LogP contribution in [0, 0.1) is 13.8 Å². The van der Waals surface area contributed by atoms with Gasteiger partial charge in [0.05, 0.1) is 25.8 Å². The zero-order chi connectivity index (χ0) is 17.3. The normalized spacial score (nSPS) is 12.2. The molecule has 24 heavy (non-hydrogen) atoms. The molecule has 0 radical (unpaired) electrons. The Kier molecular flexibility index (Phi) is 4.24. The van der Waals surface area contributed by atoms with Crippen molar-refractivity contribution in [2.45, 2.75) is 26.7 Å². The van der Waals surface area contributed by atoms with Gasteiger partial charge in [-0.15, -0.1) is 0 Å². The molecule has 2 heterocycles. The molecule has 0 saturated heterocycles. The highest BCUT2D eigenvalue weighted by molar-refractivity contribution is 5.60. The average Bonchev–Trinajstić information content (AvgIpc) is 3.21. The number of aromatic amines is 1. The van der Waals surface area contributed by atoms with Crippen LogP contribution in [0.2, 0.25) is 0 Å². The third-order valence-electron chi connectivity index (χ3n) is 4.07. The summed E-state index contributed by atoms with van der Waals surface area (Å²) in [6, 6.07) is 5.51. The lowest BCUT2D eigenvalue weighted by atomic mass is 9.99. The van der Waals surface area contributed by atoms with E-state index in [4.69, 9.17) is 14.0 Å². The van der Waals surface area contributed by atoms with Crippen LogP contribution in [0.5, 0.6) is 11.5 Å². The maximum Gasteiger partial charge on any atom is 0.234 e. The molecule has 0 aliphatic rings. The van der Waals surface area contributed by atoms with E-state index in [1.165, 1.54) is 0 Å². The topological polar surface area (TPSA) is 86.1 Å². The zero-order valence-corrected chi connectivity index (χ0v) is 14.4. The van der Waals surface area contributed by atoms with Gasteiger partial charge in [0.1, 0.15) is 0 Å². The van der Waals surface area contributed by atoms with Crippen molar-refractivity contribution in [2.75, 3.05) is 14.2 Å². The minimum atomic E-state index is -0.0369.